The summed E-state index contributed by atoms with van der Waals surface area (Å²) in [6.45, 7) is 5.75. The topological polar surface area (TPSA) is 24.1 Å². The molecule has 4 heteroatoms. The van der Waals surface area contributed by atoms with E-state index in [9.17, 15) is 8.78 Å². The summed E-state index contributed by atoms with van der Waals surface area (Å²) in [5.74, 6) is -1.49. The lowest BCUT2D eigenvalue weighted by atomic mass is 10.1. The molecule has 0 atom stereocenters. The third-order valence-corrected chi connectivity index (χ3v) is 2.74. The fraction of sp³-hybridized carbons (Fsp3) is 0.571. The number of nitrogens with one attached hydrogen (secondary N) is 2. The monoisotopic (exact) mass is 256 g/mol. The van der Waals surface area contributed by atoms with Gasteiger partial charge in [0.05, 0.1) is 0 Å². The summed E-state index contributed by atoms with van der Waals surface area (Å²) in [5.41, 5.74) is 0.437. The molecule has 0 fully saturated rings. The third-order valence-electron chi connectivity index (χ3n) is 2.74. The van der Waals surface area contributed by atoms with Crippen molar-refractivity contribution in [2.45, 2.75) is 26.2 Å². The van der Waals surface area contributed by atoms with E-state index in [0.717, 1.165) is 38.5 Å². The first kappa shape index (κ1) is 15.1. The minimum absolute atomic E-state index is 0.437. The Morgan fingerprint density at radius 3 is 2.44 bits per heavy atom. The second-order valence-corrected chi connectivity index (χ2v) is 4.32. The minimum atomic E-state index is -0.767. The minimum Gasteiger partial charge on any atom is -0.317 e. The lowest BCUT2D eigenvalue weighted by molar-refractivity contribution is 0.496. The van der Waals surface area contributed by atoms with Gasteiger partial charge in [-0.25, -0.2) is 8.78 Å². The van der Waals surface area contributed by atoms with Crippen molar-refractivity contribution in [2.24, 2.45) is 0 Å². The van der Waals surface area contributed by atoms with E-state index in [1.165, 1.54) is 0 Å². The highest BCUT2D eigenvalue weighted by molar-refractivity contribution is 5.19. The van der Waals surface area contributed by atoms with Gasteiger partial charge in [0.1, 0.15) is 0 Å². The summed E-state index contributed by atoms with van der Waals surface area (Å²) in [4.78, 5) is 0. The first-order chi connectivity index (χ1) is 8.75. The van der Waals surface area contributed by atoms with E-state index in [2.05, 4.69) is 17.6 Å². The molecule has 0 bridgehead atoms. The fourth-order valence-corrected chi connectivity index (χ4v) is 1.73. The van der Waals surface area contributed by atoms with Gasteiger partial charge in [0.2, 0.25) is 0 Å². The first-order valence-electron chi connectivity index (χ1n) is 6.60. The average Bonchev–Trinajstić information content (AvgIpc) is 2.37. The Morgan fingerprint density at radius 2 is 1.72 bits per heavy atom. The quantitative estimate of drug-likeness (QED) is 0.663. The Labute approximate surface area is 108 Å². The number of halogens is 2. The van der Waals surface area contributed by atoms with E-state index >= 15 is 0 Å². The van der Waals surface area contributed by atoms with Crippen molar-refractivity contribution in [1.82, 2.24) is 10.6 Å². The van der Waals surface area contributed by atoms with Crippen molar-refractivity contribution in [3.05, 3.63) is 35.4 Å². The predicted octanol–water partition coefficient (Wildman–Crippen LogP) is 2.49. The molecular formula is C14H22F2N2. The van der Waals surface area contributed by atoms with E-state index < -0.39 is 11.6 Å². The second kappa shape index (κ2) is 9.00. The Morgan fingerprint density at radius 1 is 1.00 bits per heavy atom. The molecular weight excluding hydrogens is 234 g/mol. The molecule has 1 rings (SSSR count). The van der Waals surface area contributed by atoms with Crippen LogP contribution in [0.4, 0.5) is 8.78 Å². The molecule has 0 aliphatic heterocycles. The Bertz CT molecular complexity index is 343. The molecule has 1 aromatic rings. The SMILES string of the molecule is CCCNCCCNCCc1cccc(F)c1F. The predicted molar refractivity (Wildman–Crippen MR) is 70.7 cm³/mol. The van der Waals surface area contributed by atoms with E-state index in [-0.39, 0.29) is 0 Å². The lowest BCUT2D eigenvalue weighted by Gasteiger charge is -2.06. The van der Waals surface area contributed by atoms with Gasteiger partial charge in [-0.15, -0.1) is 0 Å². The zero-order chi connectivity index (χ0) is 13.2. The van der Waals surface area contributed by atoms with E-state index in [0.29, 0.717) is 18.5 Å². The Balaban J connectivity index is 2.09. The van der Waals surface area contributed by atoms with Crippen LogP contribution in [0.25, 0.3) is 0 Å². The van der Waals surface area contributed by atoms with E-state index in [1.54, 1.807) is 12.1 Å². The molecule has 0 saturated heterocycles. The van der Waals surface area contributed by atoms with E-state index in [4.69, 9.17) is 0 Å². The van der Waals surface area contributed by atoms with E-state index in [1.807, 2.05) is 0 Å². The van der Waals surface area contributed by atoms with Crippen molar-refractivity contribution in [1.29, 1.82) is 0 Å². The molecule has 0 aliphatic rings. The fourth-order valence-electron chi connectivity index (χ4n) is 1.73. The standard InChI is InChI=1S/C14H22F2N2/c1-2-8-17-9-4-10-18-11-7-12-5-3-6-13(15)14(12)16/h3,5-6,17-18H,2,4,7-11H2,1H3. The molecule has 0 heterocycles. The molecule has 2 N–H and O–H groups in total. The first-order valence-corrected chi connectivity index (χ1v) is 6.60. The smallest absolute Gasteiger partial charge is 0.162 e. The summed E-state index contributed by atoms with van der Waals surface area (Å²) >= 11 is 0. The van der Waals surface area contributed by atoms with Gasteiger partial charge in [-0.2, -0.15) is 0 Å². The van der Waals surface area contributed by atoms with Gasteiger partial charge in [0.25, 0.3) is 0 Å². The average molecular weight is 256 g/mol. The van der Waals surface area contributed by atoms with Crippen LogP contribution in [0.1, 0.15) is 25.3 Å². The molecule has 0 spiro atoms. The van der Waals surface area contributed by atoms with Crippen molar-refractivity contribution in [3.8, 4) is 0 Å². The molecule has 2 nitrogen and oxygen atoms in total. The van der Waals surface area contributed by atoms with Crippen molar-refractivity contribution in [3.63, 3.8) is 0 Å². The second-order valence-electron chi connectivity index (χ2n) is 4.32. The normalized spacial score (nSPS) is 10.8. The summed E-state index contributed by atoms with van der Waals surface area (Å²) in [5, 5.41) is 6.54. The van der Waals surface area contributed by atoms with Crippen molar-refractivity contribution in [2.75, 3.05) is 26.2 Å². The third kappa shape index (κ3) is 5.56. The van der Waals surface area contributed by atoms with Crippen LogP contribution in [0.2, 0.25) is 0 Å². The highest BCUT2D eigenvalue weighted by Gasteiger charge is 2.06. The van der Waals surface area contributed by atoms with Gasteiger partial charge < -0.3 is 10.6 Å². The van der Waals surface area contributed by atoms with Crippen LogP contribution in [0.5, 0.6) is 0 Å². The van der Waals surface area contributed by atoms with Crippen LogP contribution in [0, 0.1) is 11.6 Å². The molecule has 0 amide bonds. The molecule has 0 saturated carbocycles. The molecule has 0 aromatic heterocycles. The number of rotatable bonds is 9. The highest BCUT2D eigenvalue weighted by atomic mass is 19.2. The van der Waals surface area contributed by atoms with Gasteiger partial charge in [0, 0.05) is 0 Å². The summed E-state index contributed by atoms with van der Waals surface area (Å²) in [6.07, 6.45) is 2.71. The van der Waals surface area contributed by atoms with Gasteiger partial charge in [-0.05, 0) is 57.1 Å². The van der Waals surface area contributed by atoms with Crippen molar-refractivity contribution < 1.29 is 8.78 Å². The number of hydrogen-bond acceptors (Lipinski definition) is 2. The zero-order valence-electron chi connectivity index (χ0n) is 10.9. The summed E-state index contributed by atoms with van der Waals surface area (Å²) in [7, 11) is 0. The Hall–Kier alpha value is -1.00. The largest absolute Gasteiger partial charge is 0.317 e. The summed E-state index contributed by atoms with van der Waals surface area (Å²) < 4.78 is 26.2. The molecule has 18 heavy (non-hydrogen) atoms. The lowest BCUT2D eigenvalue weighted by Crippen LogP contribution is -2.24. The van der Waals surface area contributed by atoms with Gasteiger partial charge in [-0.3, -0.25) is 0 Å². The maximum atomic E-state index is 13.3. The highest BCUT2D eigenvalue weighted by Crippen LogP contribution is 2.11. The van der Waals surface area contributed by atoms with Gasteiger partial charge >= 0.3 is 0 Å². The molecule has 0 radical (unpaired) electrons. The number of hydrogen-bond donors (Lipinski definition) is 2. The van der Waals surface area contributed by atoms with Crippen LogP contribution >= 0.6 is 0 Å². The summed E-state index contributed by atoms with van der Waals surface area (Å²) in [6, 6.07) is 4.32. The van der Waals surface area contributed by atoms with Crippen LogP contribution in [0.15, 0.2) is 18.2 Å². The maximum Gasteiger partial charge on any atom is 0.162 e. The van der Waals surface area contributed by atoms with Crippen LogP contribution < -0.4 is 10.6 Å². The molecule has 0 aliphatic carbocycles. The zero-order valence-corrected chi connectivity index (χ0v) is 10.9. The van der Waals surface area contributed by atoms with Crippen molar-refractivity contribution >= 4 is 0 Å². The molecule has 0 unspecified atom stereocenters. The molecule has 102 valence electrons. The van der Waals surface area contributed by atoms with Crippen LogP contribution in [-0.2, 0) is 6.42 Å². The molecule has 1 aromatic carbocycles. The Kier molecular flexibility index (Phi) is 7.53. The van der Waals surface area contributed by atoms with Crippen LogP contribution in [0.3, 0.4) is 0 Å². The van der Waals surface area contributed by atoms with Gasteiger partial charge in [-0.1, -0.05) is 19.1 Å². The maximum absolute atomic E-state index is 13.3. The van der Waals surface area contributed by atoms with Gasteiger partial charge in [0.15, 0.2) is 11.6 Å². The van der Waals surface area contributed by atoms with Crippen LogP contribution in [-0.4, -0.2) is 26.2 Å². The number of benzene rings is 1.